The summed E-state index contributed by atoms with van der Waals surface area (Å²) in [6.07, 6.45) is 1.60. The highest BCUT2D eigenvalue weighted by Crippen LogP contribution is 2.22. The highest BCUT2D eigenvalue weighted by Gasteiger charge is 2.14. The number of ether oxygens (including phenoxy) is 1. The first-order chi connectivity index (χ1) is 8.43. The minimum absolute atomic E-state index is 0.0663. The smallest absolute Gasteiger partial charge is 0.337 e. The summed E-state index contributed by atoms with van der Waals surface area (Å²) in [5.41, 5.74) is 6.04. The predicted octanol–water partition coefficient (Wildman–Crippen LogP) is 1.22. The molecule has 1 aromatic heterocycles. The summed E-state index contributed by atoms with van der Waals surface area (Å²) in [5.74, 6) is -0.592. The van der Waals surface area contributed by atoms with E-state index in [0.717, 1.165) is 0 Å². The van der Waals surface area contributed by atoms with Crippen LogP contribution in [0.3, 0.4) is 0 Å². The van der Waals surface area contributed by atoms with Gasteiger partial charge in [0.2, 0.25) is 0 Å². The van der Waals surface area contributed by atoms with Crippen molar-refractivity contribution in [2.45, 2.75) is 20.0 Å². The summed E-state index contributed by atoms with van der Waals surface area (Å²) in [7, 11) is 1.80. The first-order valence-electron chi connectivity index (χ1n) is 5.74. The molecular weight excluding hydrogens is 234 g/mol. The van der Waals surface area contributed by atoms with Gasteiger partial charge in [-0.25, -0.2) is 9.78 Å². The Bertz CT molecular complexity index is 421. The number of anilines is 2. The van der Waals surface area contributed by atoms with Gasteiger partial charge in [-0.3, -0.25) is 0 Å². The van der Waals surface area contributed by atoms with Crippen LogP contribution in [0.1, 0.15) is 24.2 Å². The molecule has 0 amide bonds. The number of carboxylic acid groups (broad SMARTS) is 1. The molecule has 0 atom stereocenters. The predicted molar refractivity (Wildman–Crippen MR) is 70.0 cm³/mol. The number of nitrogens with zero attached hydrogens (tertiary/aromatic N) is 2. The van der Waals surface area contributed by atoms with Crippen LogP contribution in [0.15, 0.2) is 12.3 Å². The van der Waals surface area contributed by atoms with Crippen molar-refractivity contribution in [3.8, 4) is 0 Å². The second-order valence-corrected chi connectivity index (χ2v) is 4.24. The standard InChI is InChI=1S/C12H19N3O3/c1-8(2)18-7-6-15(3)11-10(13)9(12(16)17)4-5-14-11/h4-5,8H,6-7,13H2,1-3H3,(H,16,17). The summed E-state index contributed by atoms with van der Waals surface area (Å²) in [5, 5.41) is 8.97. The highest BCUT2D eigenvalue weighted by molar-refractivity contribution is 5.96. The third kappa shape index (κ3) is 3.59. The minimum Gasteiger partial charge on any atom is -0.478 e. The number of likely N-dealkylation sites (N-methyl/N-ethyl adjacent to an activating group) is 1. The molecule has 0 radical (unpaired) electrons. The molecule has 1 heterocycles. The lowest BCUT2D eigenvalue weighted by atomic mass is 10.2. The molecule has 0 unspecified atom stereocenters. The van der Waals surface area contributed by atoms with Gasteiger partial charge < -0.3 is 20.5 Å². The lowest BCUT2D eigenvalue weighted by Crippen LogP contribution is -2.26. The van der Waals surface area contributed by atoms with Gasteiger partial charge in [0, 0.05) is 19.8 Å². The molecule has 1 aromatic rings. The Hall–Kier alpha value is -1.82. The second kappa shape index (κ2) is 6.20. The fraction of sp³-hybridized carbons (Fsp3) is 0.500. The van der Waals surface area contributed by atoms with Crippen molar-refractivity contribution in [1.29, 1.82) is 0 Å². The van der Waals surface area contributed by atoms with E-state index in [2.05, 4.69) is 4.98 Å². The van der Waals surface area contributed by atoms with Crippen LogP contribution in [0.5, 0.6) is 0 Å². The maximum atomic E-state index is 10.9. The van der Waals surface area contributed by atoms with E-state index < -0.39 is 5.97 Å². The molecule has 0 saturated carbocycles. The van der Waals surface area contributed by atoms with Crippen LogP contribution >= 0.6 is 0 Å². The van der Waals surface area contributed by atoms with Crippen molar-refractivity contribution >= 4 is 17.5 Å². The maximum absolute atomic E-state index is 10.9. The summed E-state index contributed by atoms with van der Waals surface area (Å²) >= 11 is 0. The molecule has 0 spiro atoms. The number of aromatic carboxylic acids is 1. The molecule has 6 nitrogen and oxygen atoms in total. The van der Waals surface area contributed by atoms with Crippen LogP contribution in [0.4, 0.5) is 11.5 Å². The van der Waals surface area contributed by atoms with Crippen LogP contribution < -0.4 is 10.6 Å². The summed E-state index contributed by atoms with van der Waals surface area (Å²) in [4.78, 5) is 16.8. The summed E-state index contributed by atoms with van der Waals surface area (Å²) in [6, 6.07) is 1.39. The van der Waals surface area contributed by atoms with E-state index in [0.29, 0.717) is 19.0 Å². The van der Waals surface area contributed by atoms with Crippen molar-refractivity contribution in [2.24, 2.45) is 0 Å². The van der Waals surface area contributed by atoms with Gasteiger partial charge in [-0.15, -0.1) is 0 Å². The third-order valence-electron chi connectivity index (χ3n) is 2.44. The Morgan fingerprint density at radius 1 is 1.61 bits per heavy atom. The number of pyridine rings is 1. The Balaban J connectivity index is 2.76. The van der Waals surface area contributed by atoms with E-state index in [4.69, 9.17) is 15.6 Å². The fourth-order valence-electron chi connectivity index (χ4n) is 1.48. The van der Waals surface area contributed by atoms with Gasteiger partial charge in [0.1, 0.15) is 0 Å². The number of carbonyl (C=O) groups is 1. The van der Waals surface area contributed by atoms with Crippen LogP contribution in [0, 0.1) is 0 Å². The van der Waals surface area contributed by atoms with Crippen molar-refractivity contribution in [1.82, 2.24) is 4.98 Å². The Morgan fingerprint density at radius 3 is 2.83 bits per heavy atom. The Labute approximate surface area is 106 Å². The van der Waals surface area contributed by atoms with Gasteiger partial charge in [-0.05, 0) is 19.9 Å². The molecule has 0 bridgehead atoms. The van der Waals surface area contributed by atoms with Crippen molar-refractivity contribution in [2.75, 3.05) is 30.8 Å². The molecule has 0 aliphatic carbocycles. The third-order valence-corrected chi connectivity index (χ3v) is 2.44. The average Bonchev–Trinajstić information content (AvgIpc) is 2.28. The SMILES string of the molecule is CC(C)OCCN(C)c1nccc(C(=O)O)c1N. The van der Waals surface area contributed by atoms with Gasteiger partial charge in [0.05, 0.1) is 24.0 Å². The number of rotatable bonds is 6. The molecule has 0 aliphatic rings. The molecule has 0 fully saturated rings. The zero-order valence-electron chi connectivity index (χ0n) is 10.9. The van der Waals surface area contributed by atoms with Gasteiger partial charge in [0.25, 0.3) is 0 Å². The van der Waals surface area contributed by atoms with E-state index in [1.165, 1.54) is 12.3 Å². The number of hydrogen-bond donors (Lipinski definition) is 2. The molecule has 0 aromatic carbocycles. The van der Waals surface area contributed by atoms with Gasteiger partial charge in [0.15, 0.2) is 5.82 Å². The maximum Gasteiger partial charge on any atom is 0.337 e. The highest BCUT2D eigenvalue weighted by atomic mass is 16.5. The molecule has 1 rings (SSSR count). The first kappa shape index (κ1) is 14.2. The number of nitrogens with two attached hydrogens (primary N) is 1. The summed E-state index contributed by atoms with van der Waals surface area (Å²) < 4.78 is 5.42. The van der Waals surface area contributed by atoms with E-state index in [1.54, 1.807) is 11.9 Å². The quantitative estimate of drug-likeness (QED) is 0.792. The molecule has 0 aliphatic heterocycles. The van der Waals surface area contributed by atoms with E-state index >= 15 is 0 Å². The van der Waals surface area contributed by atoms with E-state index in [9.17, 15) is 4.79 Å². The van der Waals surface area contributed by atoms with Crippen LogP contribution in [-0.4, -0.2) is 42.4 Å². The molecule has 6 heteroatoms. The van der Waals surface area contributed by atoms with Gasteiger partial charge in [-0.1, -0.05) is 0 Å². The van der Waals surface area contributed by atoms with Crippen molar-refractivity contribution in [3.63, 3.8) is 0 Å². The average molecular weight is 253 g/mol. The molecule has 18 heavy (non-hydrogen) atoms. The minimum atomic E-state index is -1.05. The lowest BCUT2D eigenvalue weighted by Gasteiger charge is -2.21. The van der Waals surface area contributed by atoms with Crippen LogP contribution in [0.2, 0.25) is 0 Å². The largest absolute Gasteiger partial charge is 0.478 e. The Kier molecular flexibility index (Phi) is 4.91. The van der Waals surface area contributed by atoms with E-state index in [1.807, 2.05) is 13.8 Å². The number of aromatic nitrogens is 1. The van der Waals surface area contributed by atoms with Crippen molar-refractivity contribution in [3.05, 3.63) is 17.8 Å². The first-order valence-corrected chi connectivity index (χ1v) is 5.74. The normalized spacial score (nSPS) is 10.7. The zero-order valence-corrected chi connectivity index (χ0v) is 10.9. The number of nitrogen functional groups attached to an aromatic ring is 1. The Morgan fingerprint density at radius 2 is 2.28 bits per heavy atom. The lowest BCUT2D eigenvalue weighted by molar-refractivity contribution is 0.0698. The molecular formula is C12H19N3O3. The number of carboxylic acids is 1. The molecule has 100 valence electrons. The monoisotopic (exact) mass is 253 g/mol. The fourth-order valence-corrected chi connectivity index (χ4v) is 1.48. The van der Waals surface area contributed by atoms with E-state index in [-0.39, 0.29) is 17.4 Å². The molecule has 3 N–H and O–H groups in total. The van der Waals surface area contributed by atoms with Crippen molar-refractivity contribution < 1.29 is 14.6 Å². The zero-order chi connectivity index (χ0) is 13.7. The number of hydrogen-bond acceptors (Lipinski definition) is 5. The molecule has 0 saturated heterocycles. The summed E-state index contributed by atoms with van der Waals surface area (Å²) in [6.45, 7) is 5.04. The van der Waals surface area contributed by atoms with Gasteiger partial charge >= 0.3 is 5.97 Å². The van der Waals surface area contributed by atoms with Gasteiger partial charge in [-0.2, -0.15) is 0 Å². The van der Waals surface area contributed by atoms with Crippen LogP contribution in [0.25, 0.3) is 0 Å². The topological polar surface area (TPSA) is 88.7 Å². The second-order valence-electron chi connectivity index (χ2n) is 4.24. The van der Waals surface area contributed by atoms with Crippen LogP contribution in [-0.2, 0) is 4.74 Å².